The topological polar surface area (TPSA) is 58.6 Å². The summed E-state index contributed by atoms with van der Waals surface area (Å²) in [4.78, 5) is 26.6. The van der Waals surface area contributed by atoms with Gasteiger partial charge in [0.05, 0.1) is 0 Å². The minimum atomic E-state index is -0.823. The lowest BCUT2D eigenvalue weighted by Gasteiger charge is -2.34. The van der Waals surface area contributed by atoms with Gasteiger partial charge in [-0.25, -0.2) is 0 Å². The first-order chi connectivity index (χ1) is 10.5. The van der Waals surface area contributed by atoms with Gasteiger partial charge in [0.2, 0.25) is 11.8 Å². The van der Waals surface area contributed by atoms with Crippen LogP contribution in [-0.2, 0) is 14.3 Å². The lowest BCUT2D eigenvalue weighted by molar-refractivity contribution is -0.127. The van der Waals surface area contributed by atoms with Crippen LogP contribution in [-0.4, -0.2) is 37.6 Å². The fourth-order valence-electron chi connectivity index (χ4n) is 2.89. The Kier molecular flexibility index (Phi) is 5.19. The molecule has 0 saturated carbocycles. The number of carbonyl (C=O) groups excluding carboxylic acids is 2. The van der Waals surface area contributed by atoms with E-state index in [1.807, 2.05) is 38.1 Å². The number of methoxy groups -OCH3 is 1. The van der Waals surface area contributed by atoms with Crippen LogP contribution >= 0.6 is 0 Å². The van der Waals surface area contributed by atoms with Gasteiger partial charge in [0.15, 0.2) is 0 Å². The molecular weight excluding hydrogens is 280 g/mol. The first-order valence-electron chi connectivity index (χ1n) is 7.66. The van der Waals surface area contributed by atoms with Gasteiger partial charge in [-0.1, -0.05) is 18.2 Å². The molecule has 1 aliphatic heterocycles. The Labute approximate surface area is 131 Å². The Balaban J connectivity index is 2.18. The molecule has 1 atom stereocenters. The van der Waals surface area contributed by atoms with E-state index in [1.165, 1.54) is 0 Å². The van der Waals surface area contributed by atoms with Crippen LogP contribution in [0.2, 0.25) is 0 Å². The van der Waals surface area contributed by atoms with Crippen molar-refractivity contribution in [1.82, 2.24) is 5.32 Å². The fraction of sp³-hybridized carbons (Fsp3) is 0.529. The number of benzene rings is 1. The molecule has 5 nitrogen and oxygen atoms in total. The summed E-state index contributed by atoms with van der Waals surface area (Å²) >= 11 is 0. The summed E-state index contributed by atoms with van der Waals surface area (Å²) in [5, 5.41) is 2.93. The van der Waals surface area contributed by atoms with Crippen molar-refractivity contribution in [2.75, 3.05) is 25.2 Å². The SMILES string of the molecule is COCCCNC(=O)C1(C)CCC(=O)N1c1ccccc1C. The van der Waals surface area contributed by atoms with Crippen LogP contribution < -0.4 is 10.2 Å². The molecule has 1 heterocycles. The molecule has 1 aromatic carbocycles. The van der Waals surface area contributed by atoms with Crippen LogP contribution in [0.3, 0.4) is 0 Å². The van der Waals surface area contributed by atoms with Gasteiger partial charge in [-0.05, 0) is 38.3 Å². The molecule has 2 amide bonds. The van der Waals surface area contributed by atoms with E-state index in [1.54, 1.807) is 12.0 Å². The smallest absolute Gasteiger partial charge is 0.246 e. The summed E-state index contributed by atoms with van der Waals surface area (Å²) in [5.74, 6) is -0.0958. The van der Waals surface area contributed by atoms with Crippen molar-refractivity contribution in [2.45, 2.75) is 38.6 Å². The molecule has 1 N–H and O–H groups in total. The normalized spacial score (nSPS) is 21.2. The number of nitrogens with one attached hydrogen (secondary N) is 1. The predicted molar refractivity (Wildman–Crippen MR) is 85.8 cm³/mol. The van der Waals surface area contributed by atoms with E-state index in [-0.39, 0.29) is 11.8 Å². The summed E-state index contributed by atoms with van der Waals surface area (Å²) < 4.78 is 4.98. The van der Waals surface area contributed by atoms with Gasteiger partial charge in [-0.3, -0.25) is 14.5 Å². The monoisotopic (exact) mass is 304 g/mol. The van der Waals surface area contributed by atoms with Crippen molar-refractivity contribution in [1.29, 1.82) is 0 Å². The molecule has 0 spiro atoms. The molecule has 0 bridgehead atoms. The van der Waals surface area contributed by atoms with Gasteiger partial charge in [-0.15, -0.1) is 0 Å². The van der Waals surface area contributed by atoms with Crippen molar-refractivity contribution in [3.63, 3.8) is 0 Å². The summed E-state index contributed by atoms with van der Waals surface area (Å²) in [6.07, 6.45) is 1.70. The van der Waals surface area contributed by atoms with E-state index in [4.69, 9.17) is 4.74 Å². The van der Waals surface area contributed by atoms with E-state index in [0.717, 1.165) is 17.7 Å². The van der Waals surface area contributed by atoms with Gasteiger partial charge < -0.3 is 10.1 Å². The summed E-state index contributed by atoms with van der Waals surface area (Å²) in [7, 11) is 1.64. The second-order valence-corrected chi connectivity index (χ2v) is 5.89. The largest absolute Gasteiger partial charge is 0.385 e. The Morgan fingerprint density at radius 1 is 1.41 bits per heavy atom. The maximum atomic E-state index is 12.6. The van der Waals surface area contributed by atoms with Gasteiger partial charge in [0, 0.05) is 32.4 Å². The molecule has 22 heavy (non-hydrogen) atoms. The highest BCUT2D eigenvalue weighted by Gasteiger charge is 2.48. The molecule has 120 valence electrons. The molecule has 5 heteroatoms. The minimum absolute atomic E-state index is 0.00356. The second kappa shape index (κ2) is 6.92. The molecular formula is C17H24N2O3. The third-order valence-electron chi connectivity index (χ3n) is 4.22. The molecule has 0 radical (unpaired) electrons. The number of rotatable bonds is 6. The number of anilines is 1. The second-order valence-electron chi connectivity index (χ2n) is 5.89. The van der Waals surface area contributed by atoms with Crippen LogP contribution in [0.1, 0.15) is 31.7 Å². The maximum absolute atomic E-state index is 12.6. The number of amides is 2. The minimum Gasteiger partial charge on any atom is -0.385 e. The number of hydrogen-bond acceptors (Lipinski definition) is 3. The highest BCUT2D eigenvalue weighted by Crippen LogP contribution is 2.36. The van der Waals surface area contributed by atoms with E-state index in [9.17, 15) is 9.59 Å². The maximum Gasteiger partial charge on any atom is 0.246 e. The molecule has 0 aromatic heterocycles. The quantitative estimate of drug-likeness (QED) is 0.818. The lowest BCUT2D eigenvalue weighted by atomic mass is 9.96. The van der Waals surface area contributed by atoms with Crippen molar-refractivity contribution in [3.05, 3.63) is 29.8 Å². The third-order valence-corrected chi connectivity index (χ3v) is 4.22. The van der Waals surface area contributed by atoms with Gasteiger partial charge in [-0.2, -0.15) is 0 Å². The standard InChI is InChI=1S/C17H24N2O3/c1-13-7-4-5-8-14(13)19-15(20)9-10-17(19,2)16(21)18-11-6-12-22-3/h4-5,7-8H,6,9-12H2,1-3H3,(H,18,21). The molecule has 2 rings (SSSR count). The molecule has 1 aromatic rings. The average molecular weight is 304 g/mol. The molecule has 1 aliphatic rings. The summed E-state index contributed by atoms with van der Waals surface area (Å²) in [6.45, 7) is 4.96. The van der Waals surface area contributed by atoms with Gasteiger partial charge in [0.25, 0.3) is 0 Å². The van der Waals surface area contributed by atoms with Crippen molar-refractivity contribution >= 4 is 17.5 Å². The first kappa shape index (κ1) is 16.5. The molecule has 1 unspecified atom stereocenters. The fourth-order valence-corrected chi connectivity index (χ4v) is 2.89. The Hall–Kier alpha value is -1.88. The third kappa shape index (κ3) is 3.14. The van der Waals surface area contributed by atoms with E-state index >= 15 is 0 Å². The van der Waals surface area contributed by atoms with Crippen molar-refractivity contribution in [3.8, 4) is 0 Å². The van der Waals surface area contributed by atoms with Crippen molar-refractivity contribution < 1.29 is 14.3 Å². The number of carbonyl (C=O) groups is 2. The first-order valence-corrected chi connectivity index (χ1v) is 7.66. The van der Waals surface area contributed by atoms with E-state index in [2.05, 4.69) is 5.32 Å². The highest BCUT2D eigenvalue weighted by atomic mass is 16.5. The number of nitrogens with zero attached hydrogens (tertiary/aromatic N) is 1. The van der Waals surface area contributed by atoms with Crippen molar-refractivity contribution in [2.24, 2.45) is 0 Å². The predicted octanol–water partition coefficient (Wildman–Crippen LogP) is 2.03. The van der Waals surface area contributed by atoms with E-state index in [0.29, 0.717) is 26.0 Å². The average Bonchev–Trinajstić information content (AvgIpc) is 2.81. The Bertz CT molecular complexity index is 559. The zero-order valence-corrected chi connectivity index (χ0v) is 13.5. The Morgan fingerprint density at radius 3 is 2.82 bits per heavy atom. The summed E-state index contributed by atoms with van der Waals surface area (Å²) in [6, 6.07) is 7.68. The van der Waals surface area contributed by atoms with Crippen LogP contribution in [0, 0.1) is 6.92 Å². The zero-order valence-electron chi connectivity index (χ0n) is 13.5. The molecule has 0 aliphatic carbocycles. The molecule has 1 saturated heterocycles. The van der Waals surface area contributed by atoms with Gasteiger partial charge >= 0.3 is 0 Å². The zero-order chi connectivity index (χ0) is 16.2. The number of hydrogen-bond donors (Lipinski definition) is 1. The van der Waals surface area contributed by atoms with Crippen LogP contribution in [0.15, 0.2) is 24.3 Å². The highest BCUT2D eigenvalue weighted by molar-refractivity contribution is 6.06. The Morgan fingerprint density at radius 2 is 2.14 bits per heavy atom. The van der Waals surface area contributed by atoms with Crippen LogP contribution in [0.5, 0.6) is 0 Å². The van der Waals surface area contributed by atoms with E-state index < -0.39 is 5.54 Å². The van der Waals surface area contributed by atoms with Crippen LogP contribution in [0.25, 0.3) is 0 Å². The van der Waals surface area contributed by atoms with Gasteiger partial charge in [0.1, 0.15) is 5.54 Å². The van der Waals surface area contributed by atoms with Crippen LogP contribution in [0.4, 0.5) is 5.69 Å². The molecule has 1 fully saturated rings. The number of ether oxygens (including phenoxy) is 1. The lowest BCUT2D eigenvalue weighted by Crippen LogP contribution is -2.55. The number of para-hydroxylation sites is 1. The summed E-state index contributed by atoms with van der Waals surface area (Å²) in [5.41, 5.74) is 0.992. The number of aryl methyl sites for hydroxylation is 1.